The highest BCUT2D eigenvalue weighted by atomic mass is 16.6. The van der Waals surface area contributed by atoms with Gasteiger partial charge in [0.2, 0.25) is 0 Å². The van der Waals surface area contributed by atoms with E-state index in [0.29, 0.717) is 17.4 Å². The SMILES string of the molecule is CC(C)(C)OC(=O)N1CCC(Cn2cc(Oc3ccc(N)cc3)cn2)CC1. The van der Waals surface area contributed by atoms with Crippen LogP contribution in [0, 0.1) is 5.92 Å². The summed E-state index contributed by atoms with van der Waals surface area (Å²) in [5.74, 6) is 1.91. The van der Waals surface area contributed by atoms with E-state index < -0.39 is 5.60 Å². The van der Waals surface area contributed by atoms with Gasteiger partial charge in [-0.25, -0.2) is 4.79 Å². The maximum atomic E-state index is 12.1. The molecule has 0 bridgehead atoms. The molecule has 0 atom stereocenters. The summed E-state index contributed by atoms with van der Waals surface area (Å²) in [5.41, 5.74) is 5.93. The van der Waals surface area contributed by atoms with Gasteiger partial charge in [0.15, 0.2) is 5.75 Å². The fraction of sp³-hybridized carbons (Fsp3) is 0.500. The van der Waals surface area contributed by atoms with Crippen molar-refractivity contribution in [1.82, 2.24) is 14.7 Å². The lowest BCUT2D eigenvalue weighted by Crippen LogP contribution is -2.42. The Bertz CT molecular complexity index is 756. The van der Waals surface area contributed by atoms with E-state index in [2.05, 4.69) is 5.10 Å². The Morgan fingerprint density at radius 3 is 2.48 bits per heavy atom. The molecule has 0 saturated carbocycles. The van der Waals surface area contributed by atoms with Crippen molar-refractivity contribution in [3.63, 3.8) is 0 Å². The van der Waals surface area contributed by atoms with Crippen LogP contribution in [0.4, 0.5) is 10.5 Å². The number of ether oxygens (including phenoxy) is 2. The van der Waals surface area contributed by atoms with Gasteiger partial charge in [-0.1, -0.05) is 0 Å². The van der Waals surface area contributed by atoms with E-state index in [4.69, 9.17) is 15.2 Å². The Labute approximate surface area is 160 Å². The maximum Gasteiger partial charge on any atom is 0.410 e. The molecule has 2 N–H and O–H groups in total. The predicted molar refractivity (Wildman–Crippen MR) is 104 cm³/mol. The molecular formula is C20H28N4O3. The van der Waals surface area contributed by atoms with E-state index in [-0.39, 0.29) is 6.09 Å². The van der Waals surface area contributed by atoms with Crippen LogP contribution in [0.3, 0.4) is 0 Å². The van der Waals surface area contributed by atoms with Gasteiger partial charge in [0.25, 0.3) is 0 Å². The molecule has 1 fully saturated rings. The highest BCUT2D eigenvalue weighted by Crippen LogP contribution is 2.24. The second-order valence-corrected chi connectivity index (χ2v) is 7.98. The summed E-state index contributed by atoms with van der Waals surface area (Å²) in [7, 11) is 0. The largest absolute Gasteiger partial charge is 0.454 e. The minimum Gasteiger partial charge on any atom is -0.454 e. The third kappa shape index (κ3) is 5.64. The van der Waals surface area contributed by atoms with Gasteiger partial charge >= 0.3 is 6.09 Å². The molecule has 1 amide bonds. The smallest absolute Gasteiger partial charge is 0.410 e. The lowest BCUT2D eigenvalue weighted by atomic mass is 9.97. The molecule has 0 unspecified atom stereocenters. The summed E-state index contributed by atoms with van der Waals surface area (Å²) in [6, 6.07) is 7.27. The zero-order valence-corrected chi connectivity index (χ0v) is 16.2. The number of benzene rings is 1. The van der Waals surface area contributed by atoms with Crippen molar-refractivity contribution in [2.45, 2.75) is 45.8 Å². The Balaban J connectivity index is 1.47. The first-order chi connectivity index (χ1) is 12.8. The molecule has 2 aromatic rings. The summed E-state index contributed by atoms with van der Waals surface area (Å²) < 4.78 is 13.1. The monoisotopic (exact) mass is 372 g/mol. The standard InChI is InChI=1S/C20H28N4O3/c1-20(2,3)27-19(25)23-10-8-15(9-11-23)13-24-14-18(12-22-24)26-17-6-4-16(21)5-7-17/h4-7,12,14-15H,8-11,13,21H2,1-3H3. The van der Waals surface area contributed by atoms with Crippen molar-refractivity contribution >= 4 is 11.8 Å². The highest BCUT2D eigenvalue weighted by Gasteiger charge is 2.27. The molecule has 146 valence electrons. The van der Waals surface area contributed by atoms with Crippen LogP contribution in [0.1, 0.15) is 33.6 Å². The number of hydrogen-bond acceptors (Lipinski definition) is 5. The minimum absolute atomic E-state index is 0.223. The van der Waals surface area contributed by atoms with Gasteiger partial charge in [-0.15, -0.1) is 0 Å². The van der Waals surface area contributed by atoms with E-state index in [9.17, 15) is 4.79 Å². The number of rotatable bonds is 4. The quantitative estimate of drug-likeness (QED) is 0.823. The van der Waals surface area contributed by atoms with Crippen molar-refractivity contribution in [3.8, 4) is 11.5 Å². The van der Waals surface area contributed by atoms with Crippen molar-refractivity contribution < 1.29 is 14.3 Å². The first-order valence-electron chi connectivity index (χ1n) is 9.32. The topological polar surface area (TPSA) is 82.6 Å². The van der Waals surface area contributed by atoms with Crippen LogP contribution in [0.25, 0.3) is 0 Å². The number of likely N-dealkylation sites (tertiary alicyclic amines) is 1. The molecule has 0 spiro atoms. The van der Waals surface area contributed by atoms with E-state index in [1.165, 1.54) is 0 Å². The predicted octanol–water partition coefficient (Wildman–Crippen LogP) is 3.90. The molecule has 0 aliphatic carbocycles. The second-order valence-electron chi connectivity index (χ2n) is 7.98. The first-order valence-corrected chi connectivity index (χ1v) is 9.32. The number of hydrogen-bond donors (Lipinski definition) is 1. The van der Waals surface area contributed by atoms with Gasteiger partial charge in [0, 0.05) is 25.3 Å². The molecule has 1 aromatic heterocycles. The molecule has 1 aliphatic rings. The van der Waals surface area contributed by atoms with Crippen LogP contribution < -0.4 is 10.5 Å². The Morgan fingerprint density at radius 2 is 1.85 bits per heavy atom. The van der Waals surface area contributed by atoms with Gasteiger partial charge in [-0.2, -0.15) is 5.10 Å². The molecule has 3 rings (SSSR count). The number of nitrogens with zero attached hydrogens (tertiary/aromatic N) is 3. The van der Waals surface area contributed by atoms with Crippen LogP contribution in [-0.4, -0.2) is 39.5 Å². The van der Waals surface area contributed by atoms with Crippen molar-refractivity contribution in [2.24, 2.45) is 5.92 Å². The van der Waals surface area contributed by atoms with Gasteiger partial charge in [-0.3, -0.25) is 4.68 Å². The maximum absolute atomic E-state index is 12.1. The zero-order valence-electron chi connectivity index (χ0n) is 16.2. The summed E-state index contributed by atoms with van der Waals surface area (Å²) in [6.45, 7) is 7.91. The molecule has 0 radical (unpaired) electrons. The number of carbonyl (C=O) groups is 1. The number of nitrogen functional groups attached to an aromatic ring is 1. The number of aromatic nitrogens is 2. The average Bonchev–Trinajstić information content (AvgIpc) is 3.03. The van der Waals surface area contributed by atoms with Crippen LogP contribution >= 0.6 is 0 Å². The molecule has 27 heavy (non-hydrogen) atoms. The third-order valence-corrected chi connectivity index (χ3v) is 4.44. The van der Waals surface area contributed by atoms with Crippen LogP contribution in [0.5, 0.6) is 11.5 Å². The lowest BCUT2D eigenvalue weighted by Gasteiger charge is -2.33. The van der Waals surface area contributed by atoms with Crippen molar-refractivity contribution in [1.29, 1.82) is 0 Å². The van der Waals surface area contributed by atoms with Gasteiger partial charge in [-0.05, 0) is 63.8 Å². The minimum atomic E-state index is -0.454. The van der Waals surface area contributed by atoms with Gasteiger partial charge < -0.3 is 20.1 Å². The summed E-state index contributed by atoms with van der Waals surface area (Å²) in [4.78, 5) is 13.9. The summed E-state index contributed by atoms with van der Waals surface area (Å²) in [5, 5.41) is 4.39. The Hall–Kier alpha value is -2.70. The summed E-state index contributed by atoms with van der Waals surface area (Å²) in [6.07, 6.45) is 5.27. The molecule has 1 saturated heterocycles. The number of nitrogens with two attached hydrogens (primary N) is 1. The molecular weight excluding hydrogens is 344 g/mol. The number of anilines is 1. The van der Waals surface area contributed by atoms with Crippen molar-refractivity contribution in [2.75, 3.05) is 18.8 Å². The lowest BCUT2D eigenvalue weighted by molar-refractivity contribution is 0.0177. The van der Waals surface area contributed by atoms with E-state index in [0.717, 1.165) is 38.2 Å². The normalized spacial score (nSPS) is 15.6. The van der Waals surface area contributed by atoms with Gasteiger partial charge in [0.1, 0.15) is 11.4 Å². The number of carbonyl (C=O) groups excluding carboxylic acids is 1. The molecule has 7 nitrogen and oxygen atoms in total. The molecule has 7 heteroatoms. The van der Waals surface area contributed by atoms with E-state index >= 15 is 0 Å². The highest BCUT2D eigenvalue weighted by molar-refractivity contribution is 5.68. The number of piperidine rings is 1. The first kappa shape index (κ1) is 19.1. The average molecular weight is 372 g/mol. The van der Waals surface area contributed by atoms with Crippen LogP contribution in [-0.2, 0) is 11.3 Å². The fourth-order valence-corrected chi connectivity index (χ4v) is 3.06. The third-order valence-electron chi connectivity index (χ3n) is 4.44. The Kier molecular flexibility index (Phi) is 5.58. The van der Waals surface area contributed by atoms with Crippen LogP contribution in [0.15, 0.2) is 36.7 Å². The Morgan fingerprint density at radius 1 is 1.19 bits per heavy atom. The zero-order chi connectivity index (χ0) is 19.4. The number of amides is 1. The molecule has 1 aliphatic heterocycles. The van der Waals surface area contributed by atoms with Crippen molar-refractivity contribution in [3.05, 3.63) is 36.7 Å². The van der Waals surface area contributed by atoms with E-state index in [1.54, 1.807) is 23.2 Å². The summed E-state index contributed by atoms with van der Waals surface area (Å²) >= 11 is 0. The van der Waals surface area contributed by atoms with Gasteiger partial charge in [0.05, 0.1) is 12.4 Å². The second kappa shape index (κ2) is 7.90. The van der Waals surface area contributed by atoms with Crippen LogP contribution in [0.2, 0.25) is 0 Å². The van der Waals surface area contributed by atoms with E-state index in [1.807, 2.05) is 43.8 Å². The molecule has 2 heterocycles. The molecule has 1 aromatic carbocycles. The fourth-order valence-electron chi connectivity index (χ4n) is 3.06.